The first-order chi connectivity index (χ1) is 15.5. The van der Waals surface area contributed by atoms with Crippen molar-refractivity contribution in [2.45, 2.75) is 27.3 Å². The Morgan fingerprint density at radius 3 is 2.41 bits per heavy atom. The SMILES string of the molecule is CCn1c2ccccc2c2cc(/C=N/NC(=O)c3ccc(NC(=O)C(C)C)cc3)ccc21. The predicted octanol–water partition coefficient (Wildman–Crippen LogP) is 5.17. The largest absolute Gasteiger partial charge is 0.341 e. The van der Waals surface area contributed by atoms with Crippen LogP contribution >= 0.6 is 0 Å². The summed E-state index contributed by atoms with van der Waals surface area (Å²) < 4.78 is 2.29. The number of aryl methyl sites for hydroxylation is 1. The Labute approximate surface area is 186 Å². The van der Waals surface area contributed by atoms with Crippen LogP contribution in [0.2, 0.25) is 0 Å². The van der Waals surface area contributed by atoms with Crippen LogP contribution in [-0.4, -0.2) is 22.6 Å². The summed E-state index contributed by atoms with van der Waals surface area (Å²) in [6, 6.07) is 21.3. The quantitative estimate of drug-likeness (QED) is 0.330. The minimum atomic E-state index is -0.313. The number of aromatic nitrogens is 1. The highest BCUT2D eigenvalue weighted by Gasteiger charge is 2.10. The number of hydrazone groups is 1. The van der Waals surface area contributed by atoms with E-state index in [1.54, 1.807) is 30.5 Å². The van der Waals surface area contributed by atoms with Gasteiger partial charge in [0.1, 0.15) is 0 Å². The van der Waals surface area contributed by atoms with Crippen LogP contribution in [0.4, 0.5) is 5.69 Å². The molecule has 0 atom stereocenters. The Hall–Kier alpha value is -3.93. The molecule has 32 heavy (non-hydrogen) atoms. The molecule has 3 aromatic carbocycles. The van der Waals surface area contributed by atoms with Gasteiger partial charge in [-0.15, -0.1) is 0 Å². The van der Waals surface area contributed by atoms with E-state index in [0.717, 1.165) is 17.5 Å². The number of benzene rings is 3. The highest BCUT2D eigenvalue weighted by molar-refractivity contribution is 6.09. The van der Waals surface area contributed by atoms with Crippen molar-refractivity contribution >= 4 is 45.5 Å². The lowest BCUT2D eigenvalue weighted by molar-refractivity contribution is -0.118. The molecule has 162 valence electrons. The van der Waals surface area contributed by atoms with Crippen LogP contribution in [0.1, 0.15) is 36.7 Å². The van der Waals surface area contributed by atoms with Gasteiger partial charge in [0.15, 0.2) is 0 Å². The van der Waals surface area contributed by atoms with Gasteiger partial charge in [0.05, 0.1) is 6.21 Å². The second kappa shape index (κ2) is 9.06. The molecule has 0 aliphatic rings. The van der Waals surface area contributed by atoms with Crippen LogP contribution in [0.3, 0.4) is 0 Å². The first-order valence-electron chi connectivity index (χ1n) is 10.7. The number of hydrogen-bond donors (Lipinski definition) is 2. The van der Waals surface area contributed by atoms with E-state index in [9.17, 15) is 9.59 Å². The maximum Gasteiger partial charge on any atom is 0.271 e. The minimum Gasteiger partial charge on any atom is -0.341 e. The fourth-order valence-corrected chi connectivity index (χ4v) is 3.71. The molecule has 1 aromatic heterocycles. The van der Waals surface area contributed by atoms with Gasteiger partial charge in [0.25, 0.3) is 5.91 Å². The topological polar surface area (TPSA) is 75.5 Å². The van der Waals surface area contributed by atoms with Crippen molar-refractivity contribution in [3.63, 3.8) is 0 Å². The highest BCUT2D eigenvalue weighted by Crippen LogP contribution is 2.29. The molecule has 6 heteroatoms. The number of carbonyl (C=O) groups excluding carboxylic acids is 2. The number of hydrogen-bond acceptors (Lipinski definition) is 3. The maximum absolute atomic E-state index is 12.4. The summed E-state index contributed by atoms with van der Waals surface area (Å²) in [7, 11) is 0. The molecule has 0 saturated carbocycles. The van der Waals surface area contributed by atoms with Gasteiger partial charge in [-0.05, 0) is 55.0 Å². The smallest absolute Gasteiger partial charge is 0.271 e. The van der Waals surface area contributed by atoms with Crippen LogP contribution in [0, 0.1) is 5.92 Å². The fraction of sp³-hybridized carbons (Fsp3) is 0.192. The first kappa shape index (κ1) is 21.3. The number of nitrogens with one attached hydrogen (secondary N) is 2. The van der Waals surface area contributed by atoms with Gasteiger partial charge in [-0.1, -0.05) is 38.1 Å². The Kier molecular flexibility index (Phi) is 6.03. The molecule has 2 amide bonds. The zero-order chi connectivity index (χ0) is 22.7. The summed E-state index contributed by atoms with van der Waals surface area (Å²) in [5.74, 6) is -0.484. The second-order valence-electron chi connectivity index (χ2n) is 7.96. The maximum atomic E-state index is 12.4. The molecular weight excluding hydrogens is 400 g/mol. The molecule has 0 aliphatic carbocycles. The number of fused-ring (bicyclic) bond motifs is 3. The van der Waals surface area contributed by atoms with Gasteiger partial charge in [0.2, 0.25) is 5.91 Å². The molecule has 1 heterocycles. The number of carbonyl (C=O) groups is 2. The first-order valence-corrected chi connectivity index (χ1v) is 10.7. The molecular formula is C26H26N4O2. The monoisotopic (exact) mass is 426 g/mol. The van der Waals surface area contributed by atoms with Crippen LogP contribution in [0.25, 0.3) is 21.8 Å². The average molecular weight is 427 g/mol. The number of rotatable bonds is 6. The van der Waals surface area contributed by atoms with Crippen molar-refractivity contribution in [3.05, 3.63) is 77.9 Å². The summed E-state index contributed by atoms with van der Waals surface area (Å²) in [6.07, 6.45) is 1.65. The summed E-state index contributed by atoms with van der Waals surface area (Å²) in [6.45, 7) is 6.69. The Morgan fingerprint density at radius 2 is 1.69 bits per heavy atom. The third-order valence-electron chi connectivity index (χ3n) is 5.43. The number of nitrogens with zero attached hydrogens (tertiary/aromatic N) is 2. The molecule has 0 radical (unpaired) electrons. The average Bonchev–Trinajstić information content (AvgIpc) is 3.12. The van der Waals surface area contributed by atoms with Gasteiger partial charge in [0, 0.05) is 45.5 Å². The van der Waals surface area contributed by atoms with Crippen LogP contribution in [-0.2, 0) is 11.3 Å². The van der Waals surface area contributed by atoms with Crippen molar-refractivity contribution < 1.29 is 9.59 Å². The summed E-state index contributed by atoms with van der Waals surface area (Å²) in [4.78, 5) is 24.2. The highest BCUT2D eigenvalue weighted by atomic mass is 16.2. The van der Waals surface area contributed by atoms with E-state index in [4.69, 9.17) is 0 Å². The molecule has 0 unspecified atom stereocenters. The Bertz CT molecular complexity index is 1320. The molecule has 0 bridgehead atoms. The molecule has 0 fully saturated rings. The summed E-state index contributed by atoms with van der Waals surface area (Å²) >= 11 is 0. The molecule has 4 rings (SSSR count). The van der Waals surface area contributed by atoms with Gasteiger partial charge in [-0.3, -0.25) is 9.59 Å². The van der Waals surface area contributed by atoms with E-state index < -0.39 is 0 Å². The van der Waals surface area contributed by atoms with Crippen molar-refractivity contribution in [2.24, 2.45) is 11.0 Å². The molecule has 6 nitrogen and oxygen atoms in total. The summed E-state index contributed by atoms with van der Waals surface area (Å²) in [5, 5.41) is 9.29. The van der Waals surface area contributed by atoms with E-state index >= 15 is 0 Å². The van der Waals surface area contributed by atoms with E-state index in [0.29, 0.717) is 11.3 Å². The number of anilines is 1. The van der Waals surface area contributed by atoms with Gasteiger partial charge in [-0.25, -0.2) is 5.43 Å². The molecule has 0 spiro atoms. The van der Waals surface area contributed by atoms with E-state index in [1.165, 1.54) is 16.4 Å². The van der Waals surface area contributed by atoms with Crippen molar-refractivity contribution in [3.8, 4) is 0 Å². The van der Waals surface area contributed by atoms with Crippen LogP contribution < -0.4 is 10.7 Å². The predicted molar refractivity (Wildman–Crippen MR) is 130 cm³/mol. The zero-order valence-corrected chi connectivity index (χ0v) is 18.4. The molecule has 4 aromatic rings. The fourth-order valence-electron chi connectivity index (χ4n) is 3.71. The normalized spacial score (nSPS) is 11.5. The van der Waals surface area contributed by atoms with Crippen molar-refractivity contribution in [1.82, 2.24) is 9.99 Å². The van der Waals surface area contributed by atoms with Crippen molar-refractivity contribution in [1.29, 1.82) is 0 Å². The third-order valence-corrected chi connectivity index (χ3v) is 5.43. The summed E-state index contributed by atoms with van der Waals surface area (Å²) in [5.41, 5.74) is 6.98. The molecule has 0 saturated heterocycles. The molecule has 0 aliphatic heterocycles. The van der Waals surface area contributed by atoms with E-state index in [-0.39, 0.29) is 17.7 Å². The number of para-hydroxylation sites is 1. The van der Waals surface area contributed by atoms with Gasteiger partial charge in [-0.2, -0.15) is 5.10 Å². The lowest BCUT2D eigenvalue weighted by Gasteiger charge is -2.08. The van der Waals surface area contributed by atoms with Crippen LogP contribution in [0.5, 0.6) is 0 Å². The Morgan fingerprint density at radius 1 is 0.969 bits per heavy atom. The Balaban J connectivity index is 1.47. The van der Waals surface area contributed by atoms with E-state index in [1.807, 2.05) is 26.0 Å². The van der Waals surface area contributed by atoms with Gasteiger partial charge >= 0.3 is 0 Å². The van der Waals surface area contributed by atoms with Crippen LogP contribution in [0.15, 0.2) is 71.8 Å². The lowest BCUT2D eigenvalue weighted by atomic mass is 10.1. The third kappa shape index (κ3) is 4.25. The standard InChI is InChI=1S/C26H26N4O2/c1-4-30-23-8-6-5-7-21(23)22-15-18(9-14-24(22)30)16-27-29-26(32)19-10-12-20(13-11-19)28-25(31)17(2)3/h5-17H,4H2,1-3H3,(H,28,31)(H,29,32)/b27-16+. The number of amides is 2. The zero-order valence-electron chi connectivity index (χ0n) is 18.4. The second-order valence-corrected chi connectivity index (χ2v) is 7.96. The van der Waals surface area contributed by atoms with Crippen molar-refractivity contribution in [2.75, 3.05) is 5.32 Å². The lowest BCUT2D eigenvalue weighted by Crippen LogP contribution is -2.19. The molecule has 2 N–H and O–H groups in total. The van der Waals surface area contributed by atoms with Gasteiger partial charge < -0.3 is 9.88 Å². The minimum absolute atomic E-state index is 0.0640. The van der Waals surface area contributed by atoms with E-state index in [2.05, 4.69) is 57.7 Å².